The highest BCUT2D eigenvalue weighted by Crippen LogP contribution is 2.30. The van der Waals surface area contributed by atoms with E-state index in [1.165, 1.54) is 18.5 Å². The van der Waals surface area contributed by atoms with Crippen LogP contribution < -0.4 is 5.73 Å². The van der Waals surface area contributed by atoms with Crippen LogP contribution >= 0.6 is 0 Å². The van der Waals surface area contributed by atoms with E-state index in [4.69, 9.17) is 5.73 Å². The highest BCUT2D eigenvalue weighted by Gasteiger charge is 2.28. The van der Waals surface area contributed by atoms with Crippen LogP contribution in [0.4, 0.5) is 0 Å². The molecular formula is C17H29N3O. The molecule has 1 aliphatic heterocycles. The molecule has 2 atom stereocenters. The lowest BCUT2D eigenvalue weighted by atomic mass is 10.0. The van der Waals surface area contributed by atoms with Crippen LogP contribution in [0.25, 0.3) is 0 Å². The van der Waals surface area contributed by atoms with Gasteiger partial charge in [-0.3, -0.25) is 4.79 Å². The summed E-state index contributed by atoms with van der Waals surface area (Å²) in [5.74, 6) is 0.226. The number of likely N-dealkylation sites (tertiary alicyclic amines) is 1. The predicted octanol–water partition coefficient (Wildman–Crippen LogP) is 2.99. The summed E-state index contributed by atoms with van der Waals surface area (Å²) in [6.45, 7) is 2.98. The molecular weight excluding hydrogens is 262 g/mol. The average molecular weight is 291 g/mol. The maximum atomic E-state index is 12.7. The van der Waals surface area contributed by atoms with Crippen molar-refractivity contribution in [2.24, 2.45) is 12.8 Å². The van der Waals surface area contributed by atoms with Gasteiger partial charge in [0.15, 0.2) is 0 Å². The fourth-order valence-electron chi connectivity index (χ4n) is 3.35. The Hall–Kier alpha value is -1.29. The molecule has 1 saturated heterocycles. The zero-order valence-electron chi connectivity index (χ0n) is 13.4. The quantitative estimate of drug-likeness (QED) is 0.906. The molecule has 1 aromatic rings. The molecule has 2 N–H and O–H groups in total. The summed E-state index contributed by atoms with van der Waals surface area (Å²) < 4.78 is 2.14. The van der Waals surface area contributed by atoms with Gasteiger partial charge in [-0.25, -0.2) is 0 Å². The second kappa shape index (κ2) is 7.64. The van der Waals surface area contributed by atoms with E-state index in [1.54, 1.807) is 0 Å². The smallest absolute Gasteiger partial charge is 0.224 e. The molecule has 0 radical (unpaired) electrons. The van der Waals surface area contributed by atoms with Gasteiger partial charge in [0.1, 0.15) is 0 Å². The topological polar surface area (TPSA) is 51.3 Å². The Balaban J connectivity index is 2.12. The van der Waals surface area contributed by atoms with E-state index in [9.17, 15) is 4.79 Å². The van der Waals surface area contributed by atoms with Crippen molar-refractivity contribution in [3.8, 4) is 0 Å². The van der Waals surface area contributed by atoms with Crippen molar-refractivity contribution >= 4 is 5.91 Å². The summed E-state index contributed by atoms with van der Waals surface area (Å²) in [5.41, 5.74) is 7.32. The third kappa shape index (κ3) is 4.10. The van der Waals surface area contributed by atoms with Gasteiger partial charge in [-0.15, -0.1) is 0 Å². The van der Waals surface area contributed by atoms with E-state index >= 15 is 0 Å². The van der Waals surface area contributed by atoms with Crippen LogP contribution in [-0.2, 0) is 11.8 Å². The number of rotatable bonds is 5. The fourth-order valence-corrected chi connectivity index (χ4v) is 3.35. The van der Waals surface area contributed by atoms with Crippen LogP contribution in [0.1, 0.15) is 63.6 Å². The minimum Gasteiger partial charge on any atom is -0.353 e. The summed E-state index contributed by atoms with van der Waals surface area (Å²) in [6.07, 6.45) is 9.08. The van der Waals surface area contributed by atoms with E-state index in [2.05, 4.69) is 41.8 Å². The zero-order chi connectivity index (χ0) is 15.2. The molecule has 0 bridgehead atoms. The standard InChI is InChI=1S/C17H29N3O/c1-3-8-14(18)13-17(21)20-12-6-4-5-9-16(20)15-10-7-11-19(15)2/h7,10-11,14,16H,3-6,8-9,12-13,18H2,1-2H3. The number of nitrogens with two attached hydrogens (primary N) is 1. The van der Waals surface area contributed by atoms with E-state index in [1.807, 2.05) is 0 Å². The van der Waals surface area contributed by atoms with Crippen LogP contribution in [0.15, 0.2) is 18.3 Å². The van der Waals surface area contributed by atoms with Gasteiger partial charge in [-0.1, -0.05) is 26.2 Å². The van der Waals surface area contributed by atoms with Crippen LogP contribution in [0.2, 0.25) is 0 Å². The molecule has 118 valence electrons. The van der Waals surface area contributed by atoms with Gasteiger partial charge in [-0.2, -0.15) is 0 Å². The lowest BCUT2D eigenvalue weighted by molar-refractivity contribution is -0.134. The van der Waals surface area contributed by atoms with Gasteiger partial charge < -0.3 is 15.2 Å². The number of nitrogens with zero attached hydrogens (tertiary/aromatic N) is 2. The predicted molar refractivity (Wildman–Crippen MR) is 85.8 cm³/mol. The van der Waals surface area contributed by atoms with Gasteiger partial charge in [0.05, 0.1) is 6.04 Å². The molecule has 21 heavy (non-hydrogen) atoms. The average Bonchev–Trinajstić information content (AvgIpc) is 2.73. The molecule has 2 unspecified atom stereocenters. The second-order valence-electron chi connectivity index (χ2n) is 6.25. The third-order valence-electron chi connectivity index (χ3n) is 4.49. The largest absolute Gasteiger partial charge is 0.353 e. The molecule has 4 heteroatoms. The van der Waals surface area contributed by atoms with Crippen molar-refractivity contribution < 1.29 is 4.79 Å². The number of amides is 1. The molecule has 2 rings (SSSR count). The summed E-state index contributed by atoms with van der Waals surface area (Å²) in [7, 11) is 2.06. The number of carbonyl (C=O) groups excluding carboxylic acids is 1. The molecule has 0 saturated carbocycles. The van der Waals surface area contributed by atoms with Crippen molar-refractivity contribution in [3.63, 3.8) is 0 Å². The van der Waals surface area contributed by atoms with E-state index < -0.39 is 0 Å². The van der Waals surface area contributed by atoms with Gasteiger partial charge >= 0.3 is 0 Å². The normalized spacial score (nSPS) is 21.1. The third-order valence-corrected chi connectivity index (χ3v) is 4.49. The first-order valence-corrected chi connectivity index (χ1v) is 8.29. The van der Waals surface area contributed by atoms with Gasteiger partial charge in [0.25, 0.3) is 0 Å². The van der Waals surface area contributed by atoms with Crippen LogP contribution in [-0.4, -0.2) is 28.0 Å². The maximum absolute atomic E-state index is 12.7. The number of aromatic nitrogens is 1. The summed E-state index contributed by atoms with van der Waals surface area (Å²) >= 11 is 0. The SMILES string of the molecule is CCCC(N)CC(=O)N1CCCCCC1c1cccn1C. The number of carbonyl (C=O) groups is 1. The Morgan fingerprint density at radius 2 is 2.24 bits per heavy atom. The molecule has 1 aromatic heterocycles. The van der Waals surface area contributed by atoms with Crippen molar-refractivity contribution in [2.45, 2.75) is 64.0 Å². The first kappa shape index (κ1) is 16.1. The number of aryl methyl sites for hydroxylation is 1. The summed E-state index contributed by atoms with van der Waals surface area (Å²) in [5, 5.41) is 0. The Kier molecular flexibility index (Phi) is 5.85. The monoisotopic (exact) mass is 291 g/mol. The molecule has 0 aliphatic carbocycles. The molecule has 0 spiro atoms. The Morgan fingerprint density at radius 3 is 2.90 bits per heavy atom. The number of hydrogen-bond donors (Lipinski definition) is 1. The molecule has 2 heterocycles. The highest BCUT2D eigenvalue weighted by molar-refractivity contribution is 5.77. The highest BCUT2D eigenvalue weighted by atomic mass is 16.2. The van der Waals surface area contributed by atoms with E-state index in [-0.39, 0.29) is 18.0 Å². The van der Waals surface area contributed by atoms with Crippen molar-refractivity contribution in [2.75, 3.05) is 6.54 Å². The first-order chi connectivity index (χ1) is 10.1. The minimum absolute atomic E-state index is 0.000171. The van der Waals surface area contributed by atoms with Crippen LogP contribution in [0, 0.1) is 0 Å². The summed E-state index contributed by atoms with van der Waals surface area (Å²) in [6, 6.07) is 4.42. The van der Waals surface area contributed by atoms with Crippen LogP contribution in [0.3, 0.4) is 0 Å². The van der Waals surface area contributed by atoms with E-state index in [0.29, 0.717) is 6.42 Å². The lowest BCUT2D eigenvalue weighted by Gasteiger charge is -2.31. The van der Waals surface area contributed by atoms with Crippen LogP contribution in [0.5, 0.6) is 0 Å². The fraction of sp³-hybridized carbons (Fsp3) is 0.706. The first-order valence-electron chi connectivity index (χ1n) is 8.29. The maximum Gasteiger partial charge on any atom is 0.224 e. The number of hydrogen-bond acceptors (Lipinski definition) is 2. The van der Waals surface area contributed by atoms with Gasteiger partial charge in [0.2, 0.25) is 5.91 Å². The molecule has 1 aliphatic rings. The van der Waals surface area contributed by atoms with Crippen molar-refractivity contribution in [1.29, 1.82) is 0 Å². The molecule has 0 aromatic carbocycles. The zero-order valence-corrected chi connectivity index (χ0v) is 13.4. The van der Waals surface area contributed by atoms with Gasteiger partial charge in [-0.05, 0) is 31.4 Å². The minimum atomic E-state index is -0.000171. The Labute approximate surface area is 128 Å². The Bertz CT molecular complexity index is 455. The Morgan fingerprint density at radius 1 is 1.43 bits per heavy atom. The van der Waals surface area contributed by atoms with E-state index in [0.717, 1.165) is 32.2 Å². The van der Waals surface area contributed by atoms with Crippen molar-refractivity contribution in [1.82, 2.24) is 9.47 Å². The second-order valence-corrected chi connectivity index (χ2v) is 6.25. The van der Waals surface area contributed by atoms with Gasteiger partial charge in [0, 0.05) is 37.9 Å². The van der Waals surface area contributed by atoms with Crippen molar-refractivity contribution in [3.05, 3.63) is 24.0 Å². The lowest BCUT2D eigenvalue weighted by Crippen LogP contribution is -2.39. The summed E-state index contributed by atoms with van der Waals surface area (Å²) in [4.78, 5) is 14.8. The molecule has 4 nitrogen and oxygen atoms in total. The molecule has 1 fully saturated rings. The molecule has 1 amide bonds.